The smallest absolute Gasteiger partial charge is 0.262 e. The number of carbonyl (C=O) groups is 1. The van der Waals surface area contributed by atoms with Crippen molar-refractivity contribution >= 4 is 51.1 Å². The highest BCUT2D eigenvalue weighted by Gasteiger charge is 2.12. The third kappa shape index (κ3) is 4.12. The fourth-order valence-electron chi connectivity index (χ4n) is 2.02. The maximum atomic E-state index is 11.0. The fourth-order valence-corrected chi connectivity index (χ4v) is 2.42. The first kappa shape index (κ1) is 17.7. The van der Waals surface area contributed by atoms with Crippen LogP contribution in [0.2, 0.25) is 10.0 Å². The molecule has 25 heavy (non-hydrogen) atoms. The number of hydrogen-bond acceptors (Lipinski definition) is 5. The Kier molecular flexibility index (Phi) is 5.27. The first-order valence-corrected chi connectivity index (χ1v) is 8.32. The second kappa shape index (κ2) is 7.44. The largest absolute Gasteiger partial charge is 0.482 e. The number of hydrogen-bond donors (Lipinski definition) is 0. The van der Waals surface area contributed by atoms with Gasteiger partial charge in [-0.1, -0.05) is 23.2 Å². The fraction of sp³-hybridized carbons (Fsp3) is 0.118. The first-order chi connectivity index (χ1) is 11.9. The van der Waals surface area contributed by atoms with Gasteiger partial charge in [0.15, 0.2) is 6.10 Å². The zero-order chi connectivity index (χ0) is 18.0. The Morgan fingerprint density at radius 3 is 2.44 bits per heavy atom. The predicted octanol–water partition coefficient (Wildman–Crippen LogP) is 5.26. The molecular formula is C17H11Cl3N2O3. The van der Waals surface area contributed by atoms with Crippen molar-refractivity contribution in [2.45, 2.75) is 13.0 Å². The minimum atomic E-state index is -0.726. The Morgan fingerprint density at radius 2 is 1.76 bits per heavy atom. The van der Waals surface area contributed by atoms with Crippen molar-refractivity contribution in [2.24, 2.45) is 0 Å². The molecule has 1 aromatic heterocycles. The van der Waals surface area contributed by atoms with E-state index in [1.807, 2.05) is 0 Å². The number of benzene rings is 2. The molecule has 0 aliphatic carbocycles. The molecule has 3 aromatic rings. The van der Waals surface area contributed by atoms with Crippen LogP contribution >= 0.6 is 34.8 Å². The summed E-state index contributed by atoms with van der Waals surface area (Å²) in [6, 6.07) is 10.1. The minimum absolute atomic E-state index is 0.309. The second-order valence-electron chi connectivity index (χ2n) is 5.07. The standard InChI is InChI=1S/C17H11Cl3N2O3/c1-9(17(20)23)24-10-2-4-11(5-3-10)25-14-8-21-16-13(22-14)7-6-12(18)15(16)19/h2-9H,1H3. The van der Waals surface area contributed by atoms with Crippen molar-refractivity contribution in [1.82, 2.24) is 9.97 Å². The lowest BCUT2D eigenvalue weighted by Crippen LogP contribution is -2.18. The van der Waals surface area contributed by atoms with E-state index in [2.05, 4.69) is 9.97 Å². The summed E-state index contributed by atoms with van der Waals surface area (Å²) in [4.78, 5) is 19.6. The zero-order valence-corrected chi connectivity index (χ0v) is 15.1. The van der Waals surface area contributed by atoms with Gasteiger partial charge >= 0.3 is 0 Å². The highest BCUT2D eigenvalue weighted by atomic mass is 35.5. The summed E-state index contributed by atoms with van der Waals surface area (Å²) in [7, 11) is 0. The van der Waals surface area contributed by atoms with E-state index in [1.165, 1.54) is 6.20 Å². The SMILES string of the molecule is CC(Oc1ccc(Oc2cnc3c(Cl)c(Cl)ccc3n2)cc1)C(=O)Cl. The van der Waals surface area contributed by atoms with Crippen LogP contribution in [0.5, 0.6) is 17.4 Å². The molecule has 1 heterocycles. The van der Waals surface area contributed by atoms with Crippen LogP contribution in [-0.2, 0) is 4.79 Å². The van der Waals surface area contributed by atoms with Crippen LogP contribution in [0.1, 0.15) is 6.92 Å². The number of nitrogens with zero attached hydrogens (tertiary/aromatic N) is 2. The van der Waals surface area contributed by atoms with E-state index in [9.17, 15) is 4.79 Å². The number of rotatable bonds is 5. The number of halogens is 3. The highest BCUT2D eigenvalue weighted by Crippen LogP contribution is 2.30. The van der Waals surface area contributed by atoms with Crippen LogP contribution in [0, 0.1) is 0 Å². The van der Waals surface area contributed by atoms with Crippen LogP contribution in [0.25, 0.3) is 11.0 Å². The Hall–Kier alpha value is -2.08. The predicted molar refractivity (Wildman–Crippen MR) is 97.0 cm³/mol. The van der Waals surface area contributed by atoms with E-state index < -0.39 is 11.3 Å². The molecule has 5 nitrogen and oxygen atoms in total. The van der Waals surface area contributed by atoms with Gasteiger partial charge < -0.3 is 9.47 Å². The number of carbonyl (C=O) groups excluding carboxylic acids is 1. The average molecular weight is 398 g/mol. The summed E-state index contributed by atoms with van der Waals surface area (Å²) in [5.74, 6) is 1.34. The highest BCUT2D eigenvalue weighted by molar-refractivity contribution is 6.64. The van der Waals surface area contributed by atoms with Gasteiger partial charge in [-0.25, -0.2) is 9.97 Å². The van der Waals surface area contributed by atoms with E-state index in [-0.39, 0.29) is 0 Å². The van der Waals surface area contributed by atoms with Crippen LogP contribution in [-0.4, -0.2) is 21.3 Å². The van der Waals surface area contributed by atoms with E-state index in [1.54, 1.807) is 43.3 Å². The minimum Gasteiger partial charge on any atom is -0.482 e. The van der Waals surface area contributed by atoms with Crippen LogP contribution < -0.4 is 9.47 Å². The Bertz CT molecular complexity index is 932. The molecule has 8 heteroatoms. The maximum Gasteiger partial charge on any atom is 0.262 e. The molecular weight excluding hydrogens is 387 g/mol. The Labute approximate surface area is 158 Å². The van der Waals surface area contributed by atoms with E-state index in [0.717, 1.165) is 0 Å². The van der Waals surface area contributed by atoms with Gasteiger partial charge in [0.2, 0.25) is 5.88 Å². The third-order valence-electron chi connectivity index (χ3n) is 3.26. The third-order valence-corrected chi connectivity index (χ3v) is 4.36. The normalized spacial score (nSPS) is 12.0. The maximum absolute atomic E-state index is 11.0. The lowest BCUT2D eigenvalue weighted by atomic mass is 10.3. The molecule has 3 rings (SSSR count). The van der Waals surface area contributed by atoms with E-state index in [0.29, 0.717) is 38.5 Å². The summed E-state index contributed by atoms with van der Waals surface area (Å²) in [5, 5.41) is 0.200. The van der Waals surface area contributed by atoms with Crippen molar-refractivity contribution in [1.29, 1.82) is 0 Å². The number of fused-ring (bicyclic) bond motifs is 1. The first-order valence-electron chi connectivity index (χ1n) is 7.18. The molecule has 0 spiro atoms. The van der Waals surface area contributed by atoms with Crippen molar-refractivity contribution in [2.75, 3.05) is 0 Å². The van der Waals surface area contributed by atoms with Gasteiger partial charge in [-0.05, 0) is 54.9 Å². The second-order valence-corrected chi connectivity index (χ2v) is 6.23. The number of aromatic nitrogens is 2. The molecule has 128 valence electrons. The summed E-state index contributed by atoms with van der Waals surface area (Å²) >= 11 is 17.4. The molecule has 0 amide bonds. The van der Waals surface area contributed by atoms with Crippen molar-refractivity contribution in [3.05, 3.63) is 52.6 Å². The van der Waals surface area contributed by atoms with Crippen LogP contribution in [0.15, 0.2) is 42.6 Å². The van der Waals surface area contributed by atoms with E-state index in [4.69, 9.17) is 44.3 Å². The Balaban J connectivity index is 1.77. The monoisotopic (exact) mass is 396 g/mol. The molecule has 0 fully saturated rings. The summed E-state index contributed by atoms with van der Waals surface area (Å²) < 4.78 is 11.0. The molecule has 0 radical (unpaired) electrons. The topological polar surface area (TPSA) is 61.3 Å². The molecule has 1 unspecified atom stereocenters. The quantitative estimate of drug-likeness (QED) is 0.549. The van der Waals surface area contributed by atoms with Gasteiger partial charge in [-0.15, -0.1) is 0 Å². The molecule has 0 saturated heterocycles. The molecule has 0 saturated carbocycles. The lowest BCUT2D eigenvalue weighted by Gasteiger charge is -2.11. The van der Waals surface area contributed by atoms with Gasteiger partial charge in [0.25, 0.3) is 5.24 Å². The van der Waals surface area contributed by atoms with Gasteiger partial charge in [0.05, 0.1) is 21.8 Å². The Morgan fingerprint density at radius 1 is 1.08 bits per heavy atom. The average Bonchev–Trinajstić information content (AvgIpc) is 2.60. The van der Waals surface area contributed by atoms with E-state index >= 15 is 0 Å². The van der Waals surface area contributed by atoms with Gasteiger partial charge in [-0.2, -0.15) is 0 Å². The lowest BCUT2D eigenvalue weighted by molar-refractivity contribution is -0.117. The van der Waals surface area contributed by atoms with Crippen molar-refractivity contribution in [3.8, 4) is 17.4 Å². The summed E-state index contributed by atoms with van der Waals surface area (Å²) in [6.07, 6.45) is 0.736. The van der Waals surface area contributed by atoms with Gasteiger partial charge in [0, 0.05) is 0 Å². The molecule has 1 atom stereocenters. The van der Waals surface area contributed by atoms with Crippen LogP contribution in [0.3, 0.4) is 0 Å². The molecule has 2 aromatic carbocycles. The van der Waals surface area contributed by atoms with Crippen molar-refractivity contribution in [3.63, 3.8) is 0 Å². The molecule has 0 N–H and O–H groups in total. The summed E-state index contributed by atoms with van der Waals surface area (Å²) in [5.41, 5.74) is 1.08. The molecule has 0 aliphatic rings. The van der Waals surface area contributed by atoms with Crippen LogP contribution in [0.4, 0.5) is 0 Å². The summed E-state index contributed by atoms with van der Waals surface area (Å²) in [6.45, 7) is 1.57. The van der Waals surface area contributed by atoms with Crippen molar-refractivity contribution < 1.29 is 14.3 Å². The zero-order valence-electron chi connectivity index (χ0n) is 12.9. The molecule has 0 aliphatic heterocycles. The van der Waals surface area contributed by atoms with Gasteiger partial charge in [0.1, 0.15) is 17.0 Å². The number of ether oxygens (including phenoxy) is 2. The molecule has 0 bridgehead atoms. The van der Waals surface area contributed by atoms with Gasteiger partial charge in [-0.3, -0.25) is 4.79 Å².